The highest BCUT2D eigenvalue weighted by atomic mass is 16.5. The first kappa shape index (κ1) is 17.2. The van der Waals surface area contributed by atoms with E-state index in [0.717, 1.165) is 19.8 Å². The second-order valence-corrected chi connectivity index (χ2v) is 8.20. The van der Waals surface area contributed by atoms with Crippen LogP contribution in [0, 0.1) is 0 Å². The number of ether oxygens (including phenoxy) is 1. The van der Waals surface area contributed by atoms with E-state index in [-0.39, 0.29) is 5.79 Å². The van der Waals surface area contributed by atoms with Gasteiger partial charge in [-0.3, -0.25) is 9.80 Å². The highest BCUT2D eigenvalue weighted by Crippen LogP contribution is 2.37. The van der Waals surface area contributed by atoms with E-state index in [1.165, 1.54) is 84.1 Å². The van der Waals surface area contributed by atoms with Crippen molar-refractivity contribution in [3.05, 3.63) is 0 Å². The van der Waals surface area contributed by atoms with Gasteiger partial charge in [0, 0.05) is 45.3 Å². The minimum absolute atomic E-state index is 0.0131. The predicted octanol–water partition coefficient (Wildman–Crippen LogP) is 2.34. The van der Waals surface area contributed by atoms with E-state index in [1.54, 1.807) is 0 Å². The average Bonchev–Trinajstić information content (AvgIpc) is 3.18. The number of piperidine rings is 2. The molecule has 0 N–H and O–H groups in total. The van der Waals surface area contributed by atoms with Crippen LogP contribution in [0.15, 0.2) is 0 Å². The number of likely N-dealkylation sites (tertiary alicyclic amines) is 2. The highest BCUT2D eigenvalue weighted by molar-refractivity contribution is 4.96. The molecule has 2 unspecified atom stereocenters. The van der Waals surface area contributed by atoms with Crippen LogP contribution >= 0.6 is 0 Å². The molecule has 0 aromatic rings. The summed E-state index contributed by atoms with van der Waals surface area (Å²) in [7, 11) is 0. The zero-order valence-electron chi connectivity index (χ0n) is 15.6. The van der Waals surface area contributed by atoms with E-state index in [1.807, 2.05) is 0 Å². The maximum Gasteiger partial charge on any atom is 0.168 e. The van der Waals surface area contributed by atoms with Crippen LogP contribution in [0.3, 0.4) is 0 Å². The van der Waals surface area contributed by atoms with Gasteiger partial charge in [0.1, 0.15) is 0 Å². The fourth-order valence-corrected chi connectivity index (χ4v) is 5.43. The van der Waals surface area contributed by atoms with Crippen molar-refractivity contribution in [3.63, 3.8) is 0 Å². The lowest BCUT2D eigenvalue weighted by molar-refractivity contribution is -0.304. The van der Waals surface area contributed by atoms with Crippen LogP contribution in [0.25, 0.3) is 0 Å². The minimum atomic E-state index is -0.0131. The van der Waals surface area contributed by atoms with Gasteiger partial charge in [0.25, 0.3) is 0 Å². The highest BCUT2D eigenvalue weighted by Gasteiger charge is 2.52. The topological polar surface area (TPSA) is 22.2 Å². The van der Waals surface area contributed by atoms with Crippen molar-refractivity contribution in [1.29, 1.82) is 0 Å². The molecule has 138 valence electrons. The summed E-state index contributed by atoms with van der Waals surface area (Å²) in [5.74, 6) is -0.0131. The molecule has 24 heavy (non-hydrogen) atoms. The minimum Gasteiger partial charge on any atom is -0.375 e. The molecule has 2 atom stereocenters. The maximum atomic E-state index is 6.16. The van der Waals surface area contributed by atoms with Crippen LogP contribution in [0.4, 0.5) is 0 Å². The normalized spacial score (nSPS) is 38.6. The third-order valence-electron chi connectivity index (χ3n) is 6.71. The van der Waals surface area contributed by atoms with E-state index in [9.17, 15) is 0 Å². The summed E-state index contributed by atoms with van der Waals surface area (Å²) >= 11 is 0. The van der Waals surface area contributed by atoms with Gasteiger partial charge in [-0.15, -0.1) is 0 Å². The molecule has 0 aliphatic carbocycles. The first-order valence-electron chi connectivity index (χ1n) is 10.4. The zero-order chi connectivity index (χ0) is 16.4. The number of hydrogen-bond acceptors (Lipinski definition) is 5. The van der Waals surface area contributed by atoms with Gasteiger partial charge >= 0.3 is 0 Å². The SMILES string of the molecule is CC1CCCCN1N1CCOCC1(N1CCCCC1)N1CCCC1. The second kappa shape index (κ2) is 7.58. The van der Waals surface area contributed by atoms with Gasteiger partial charge in [-0.2, -0.15) is 0 Å². The summed E-state index contributed by atoms with van der Waals surface area (Å²) in [6.07, 6.45) is 10.9. The molecule has 4 rings (SSSR count). The Hall–Kier alpha value is -0.200. The summed E-state index contributed by atoms with van der Waals surface area (Å²) in [5, 5.41) is 5.48. The van der Waals surface area contributed by atoms with Gasteiger partial charge in [0.05, 0.1) is 13.2 Å². The van der Waals surface area contributed by atoms with Crippen molar-refractivity contribution < 1.29 is 4.74 Å². The summed E-state index contributed by atoms with van der Waals surface area (Å²) in [6, 6.07) is 0.670. The molecule has 0 radical (unpaired) electrons. The van der Waals surface area contributed by atoms with Gasteiger partial charge in [0.2, 0.25) is 0 Å². The number of rotatable bonds is 3. The third kappa shape index (κ3) is 3.03. The lowest BCUT2D eigenvalue weighted by Gasteiger charge is -2.61. The molecule has 4 saturated heterocycles. The largest absolute Gasteiger partial charge is 0.375 e. The van der Waals surface area contributed by atoms with Crippen LogP contribution in [0.5, 0.6) is 0 Å². The molecular weight excluding hydrogens is 300 g/mol. The monoisotopic (exact) mass is 336 g/mol. The Morgan fingerprint density at radius 2 is 1.38 bits per heavy atom. The molecule has 0 amide bonds. The quantitative estimate of drug-likeness (QED) is 0.787. The van der Waals surface area contributed by atoms with Crippen molar-refractivity contribution in [3.8, 4) is 0 Å². The van der Waals surface area contributed by atoms with Gasteiger partial charge in [-0.25, -0.2) is 10.0 Å². The maximum absolute atomic E-state index is 6.16. The van der Waals surface area contributed by atoms with E-state index in [0.29, 0.717) is 6.04 Å². The Bertz CT molecular complexity index is 408. The van der Waals surface area contributed by atoms with Gasteiger partial charge < -0.3 is 4.74 Å². The third-order valence-corrected chi connectivity index (χ3v) is 6.71. The molecule has 4 heterocycles. The van der Waals surface area contributed by atoms with Crippen LogP contribution < -0.4 is 0 Å². The number of hydrazine groups is 1. The molecule has 5 heteroatoms. The van der Waals surface area contributed by atoms with E-state index in [2.05, 4.69) is 26.7 Å². The molecule has 0 aromatic heterocycles. The Labute approximate surface area is 147 Å². The van der Waals surface area contributed by atoms with E-state index < -0.39 is 0 Å². The van der Waals surface area contributed by atoms with Gasteiger partial charge in [0.15, 0.2) is 5.79 Å². The molecule has 0 bridgehead atoms. The molecular formula is C19H36N4O. The lowest BCUT2D eigenvalue weighted by Crippen LogP contribution is -2.78. The first-order chi connectivity index (χ1) is 11.8. The lowest BCUT2D eigenvalue weighted by atomic mass is 10.0. The van der Waals surface area contributed by atoms with Gasteiger partial charge in [-0.1, -0.05) is 12.8 Å². The Morgan fingerprint density at radius 3 is 2.04 bits per heavy atom. The molecule has 4 aliphatic rings. The summed E-state index contributed by atoms with van der Waals surface area (Å²) in [4.78, 5) is 5.54. The molecule has 4 fully saturated rings. The summed E-state index contributed by atoms with van der Waals surface area (Å²) in [6.45, 7) is 11.4. The summed E-state index contributed by atoms with van der Waals surface area (Å²) in [5.41, 5.74) is 0. The summed E-state index contributed by atoms with van der Waals surface area (Å²) < 4.78 is 6.16. The average molecular weight is 337 g/mol. The molecule has 0 spiro atoms. The number of morpholine rings is 1. The zero-order valence-corrected chi connectivity index (χ0v) is 15.6. The Morgan fingerprint density at radius 1 is 0.750 bits per heavy atom. The fraction of sp³-hybridized carbons (Fsp3) is 1.00. The van der Waals surface area contributed by atoms with Crippen molar-refractivity contribution in [2.24, 2.45) is 0 Å². The van der Waals surface area contributed by atoms with E-state index in [4.69, 9.17) is 4.74 Å². The van der Waals surface area contributed by atoms with Crippen LogP contribution in [0.2, 0.25) is 0 Å². The van der Waals surface area contributed by atoms with Crippen molar-refractivity contribution in [2.45, 2.75) is 70.1 Å². The predicted molar refractivity (Wildman–Crippen MR) is 96.5 cm³/mol. The smallest absolute Gasteiger partial charge is 0.168 e. The Balaban J connectivity index is 1.67. The van der Waals surface area contributed by atoms with Crippen molar-refractivity contribution in [1.82, 2.24) is 19.8 Å². The molecule has 0 aromatic carbocycles. The fourth-order valence-electron chi connectivity index (χ4n) is 5.43. The van der Waals surface area contributed by atoms with Crippen LogP contribution in [0.1, 0.15) is 58.3 Å². The first-order valence-corrected chi connectivity index (χ1v) is 10.4. The van der Waals surface area contributed by atoms with E-state index >= 15 is 0 Å². The second-order valence-electron chi connectivity index (χ2n) is 8.20. The van der Waals surface area contributed by atoms with Crippen LogP contribution in [-0.4, -0.2) is 84.1 Å². The van der Waals surface area contributed by atoms with Gasteiger partial charge in [-0.05, 0) is 45.4 Å². The number of hydrogen-bond donors (Lipinski definition) is 0. The van der Waals surface area contributed by atoms with Crippen LogP contribution in [-0.2, 0) is 4.74 Å². The van der Waals surface area contributed by atoms with Crippen molar-refractivity contribution in [2.75, 3.05) is 52.5 Å². The Kier molecular flexibility index (Phi) is 5.44. The molecule has 5 nitrogen and oxygen atoms in total. The van der Waals surface area contributed by atoms with Crippen molar-refractivity contribution >= 4 is 0 Å². The number of nitrogens with zero attached hydrogens (tertiary/aromatic N) is 4. The molecule has 4 aliphatic heterocycles. The standard InChI is InChI=1S/C19H36N4O/c1-18-9-3-6-14-22(18)23-15-16-24-17-19(23,21-12-7-8-13-21)20-10-4-2-5-11-20/h18H,2-17H2,1H3. The molecule has 0 saturated carbocycles.